The highest BCUT2D eigenvalue weighted by molar-refractivity contribution is 5.77. The van der Waals surface area contributed by atoms with Crippen LogP contribution in [0.1, 0.15) is 0 Å². The molecule has 2 aromatic carbocycles. The number of nitro benzene ring substituents is 2. The molecule has 0 radical (unpaired) electrons. The number of aliphatic hydroxyl groups excluding tert-OH is 1. The smallest absolute Gasteiger partial charge is 0.298 e. The highest BCUT2D eigenvalue weighted by Crippen LogP contribution is 2.39. The van der Waals surface area contributed by atoms with Gasteiger partial charge >= 0.3 is 0 Å². The zero-order valence-electron chi connectivity index (χ0n) is 12.7. The zero-order chi connectivity index (χ0) is 18.6. The van der Waals surface area contributed by atoms with Crippen molar-refractivity contribution >= 4 is 22.7 Å². The molecular formula is C14H14N4O7. The molecule has 11 heteroatoms. The topological polar surface area (TPSA) is 162 Å². The molecule has 0 heterocycles. The van der Waals surface area contributed by atoms with Gasteiger partial charge in [-0.3, -0.25) is 25.2 Å². The highest BCUT2D eigenvalue weighted by atomic mass is 16.6. The number of nitro groups is 2. The van der Waals surface area contributed by atoms with Crippen molar-refractivity contribution < 1.29 is 25.2 Å². The largest absolute Gasteiger partial charge is 0.508 e. The molecule has 2 rings (SSSR count). The quantitative estimate of drug-likeness (QED) is 0.428. The number of hydrogen-bond donors (Lipinski definition) is 4. The van der Waals surface area contributed by atoms with E-state index in [1.807, 2.05) is 0 Å². The fourth-order valence-electron chi connectivity index (χ4n) is 2.16. The molecule has 0 saturated carbocycles. The Hall–Kier alpha value is -3.44. The zero-order valence-corrected chi connectivity index (χ0v) is 12.7. The Morgan fingerprint density at radius 3 is 1.72 bits per heavy atom. The van der Waals surface area contributed by atoms with Gasteiger partial charge in [0.2, 0.25) is 0 Å². The van der Waals surface area contributed by atoms with Crippen molar-refractivity contribution in [1.82, 2.24) is 5.43 Å². The number of nitrogens with one attached hydrogen (secondary N) is 1. The summed E-state index contributed by atoms with van der Waals surface area (Å²) in [4.78, 5) is 21.0. The molecule has 0 aliphatic heterocycles. The van der Waals surface area contributed by atoms with E-state index in [0.717, 1.165) is 17.1 Å². The van der Waals surface area contributed by atoms with Crippen molar-refractivity contribution in [3.05, 3.63) is 56.6 Å². The van der Waals surface area contributed by atoms with E-state index in [0.29, 0.717) is 0 Å². The Bertz CT molecular complexity index is 748. The number of hydrogen-bond acceptors (Lipinski definition) is 9. The molecule has 0 aliphatic rings. The van der Waals surface area contributed by atoms with E-state index in [1.54, 1.807) is 0 Å². The second kappa shape index (κ2) is 7.42. The summed E-state index contributed by atoms with van der Waals surface area (Å²) in [6.07, 6.45) is 0. The highest BCUT2D eigenvalue weighted by Gasteiger charge is 2.27. The van der Waals surface area contributed by atoms with Crippen LogP contribution in [0.3, 0.4) is 0 Å². The van der Waals surface area contributed by atoms with Gasteiger partial charge in [-0.05, 0) is 24.3 Å². The SMILES string of the molecule is O=[N+]([O-])c1cc(O)ccc1N(NCCO)c1ccc(O)cc1[N+](=O)[O-]. The molecule has 2 aromatic rings. The predicted octanol–water partition coefficient (Wildman–Crippen LogP) is 1.55. The van der Waals surface area contributed by atoms with Crippen LogP contribution < -0.4 is 10.4 Å². The van der Waals surface area contributed by atoms with Crippen molar-refractivity contribution in [1.29, 1.82) is 0 Å². The van der Waals surface area contributed by atoms with Crippen LogP contribution in [0.5, 0.6) is 11.5 Å². The minimum atomic E-state index is -0.755. The number of aliphatic hydroxyl groups is 1. The van der Waals surface area contributed by atoms with Crippen molar-refractivity contribution in [2.75, 3.05) is 18.2 Å². The fraction of sp³-hybridized carbons (Fsp3) is 0.143. The Balaban J connectivity index is 2.67. The van der Waals surface area contributed by atoms with Crippen LogP contribution in [0.25, 0.3) is 0 Å². The predicted molar refractivity (Wildman–Crippen MR) is 86.7 cm³/mol. The third-order valence-corrected chi connectivity index (χ3v) is 3.17. The molecule has 0 aromatic heterocycles. The lowest BCUT2D eigenvalue weighted by atomic mass is 10.2. The van der Waals surface area contributed by atoms with Crippen molar-refractivity contribution in [2.45, 2.75) is 0 Å². The summed E-state index contributed by atoms with van der Waals surface area (Å²) in [5, 5.41) is 51.5. The molecule has 0 spiro atoms. The van der Waals surface area contributed by atoms with Gasteiger partial charge in [0.15, 0.2) is 0 Å². The maximum Gasteiger partial charge on any atom is 0.298 e. The third kappa shape index (κ3) is 3.91. The molecular weight excluding hydrogens is 336 g/mol. The summed E-state index contributed by atoms with van der Waals surface area (Å²) in [7, 11) is 0. The Morgan fingerprint density at radius 2 is 1.36 bits per heavy atom. The molecule has 0 unspecified atom stereocenters. The summed E-state index contributed by atoms with van der Waals surface area (Å²) in [6.45, 7) is -0.398. The monoisotopic (exact) mass is 350 g/mol. The standard InChI is InChI=1S/C14H14N4O7/c19-6-5-15-16(11-3-1-9(20)7-13(11)17(22)23)12-4-2-10(21)8-14(12)18(24)25/h1-4,7-8,15,19-21H,5-6H2. The minimum Gasteiger partial charge on any atom is -0.508 e. The second-order valence-electron chi connectivity index (χ2n) is 4.83. The van der Waals surface area contributed by atoms with E-state index in [4.69, 9.17) is 5.11 Å². The second-order valence-corrected chi connectivity index (χ2v) is 4.83. The van der Waals surface area contributed by atoms with Gasteiger partial charge in [-0.2, -0.15) is 0 Å². The maximum atomic E-state index is 11.3. The average Bonchev–Trinajstić information content (AvgIpc) is 2.56. The molecule has 0 atom stereocenters. The van der Waals surface area contributed by atoms with Gasteiger partial charge in [0, 0.05) is 6.54 Å². The summed E-state index contributed by atoms with van der Waals surface area (Å²) < 4.78 is 0. The first-order chi connectivity index (χ1) is 11.8. The van der Waals surface area contributed by atoms with E-state index < -0.39 is 21.2 Å². The van der Waals surface area contributed by atoms with E-state index >= 15 is 0 Å². The molecule has 25 heavy (non-hydrogen) atoms. The van der Waals surface area contributed by atoms with Crippen LogP contribution in [-0.4, -0.2) is 38.3 Å². The first-order valence-electron chi connectivity index (χ1n) is 6.94. The third-order valence-electron chi connectivity index (χ3n) is 3.17. The van der Waals surface area contributed by atoms with Crippen LogP contribution in [-0.2, 0) is 0 Å². The fourth-order valence-corrected chi connectivity index (χ4v) is 2.16. The molecule has 0 fully saturated rings. The average molecular weight is 350 g/mol. The number of rotatable bonds is 7. The summed E-state index contributed by atoms with van der Waals surface area (Å²) in [6, 6.07) is 6.57. The first-order valence-corrected chi connectivity index (χ1v) is 6.94. The first kappa shape index (κ1) is 17.9. The van der Waals surface area contributed by atoms with Crippen LogP contribution in [0.2, 0.25) is 0 Å². The number of benzene rings is 2. The molecule has 0 amide bonds. The number of aromatic hydroxyl groups is 2. The lowest BCUT2D eigenvalue weighted by Crippen LogP contribution is -2.36. The lowest BCUT2D eigenvalue weighted by molar-refractivity contribution is -0.384. The molecule has 0 aliphatic carbocycles. The van der Waals surface area contributed by atoms with E-state index in [2.05, 4.69) is 5.43 Å². The van der Waals surface area contributed by atoms with Gasteiger partial charge in [0.05, 0.1) is 28.6 Å². The van der Waals surface area contributed by atoms with Crippen LogP contribution in [0.4, 0.5) is 22.7 Å². The van der Waals surface area contributed by atoms with Gasteiger partial charge in [-0.15, -0.1) is 0 Å². The van der Waals surface area contributed by atoms with Gasteiger partial charge in [-0.1, -0.05) is 0 Å². The van der Waals surface area contributed by atoms with Crippen molar-refractivity contribution in [2.24, 2.45) is 0 Å². The van der Waals surface area contributed by atoms with Crippen molar-refractivity contribution in [3.63, 3.8) is 0 Å². The van der Waals surface area contributed by atoms with Crippen LogP contribution >= 0.6 is 0 Å². The number of nitrogens with zero attached hydrogens (tertiary/aromatic N) is 3. The molecule has 11 nitrogen and oxygen atoms in total. The van der Waals surface area contributed by atoms with Crippen LogP contribution in [0.15, 0.2) is 36.4 Å². The molecule has 132 valence electrons. The molecule has 0 saturated heterocycles. The summed E-state index contributed by atoms with van der Waals surface area (Å²) in [5.41, 5.74) is 1.44. The normalized spacial score (nSPS) is 10.4. The Morgan fingerprint density at radius 1 is 0.920 bits per heavy atom. The number of hydrazine groups is 1. The summed E-state index contributed by atoms with van der Waals surface area (Å²) >= 11 is 0. The Labute approximate surface area is 140 Å². The van der Waals surface area contributed by atoms with E-state index in [9.17, 15) is 30.4 Å². The Kier molecular flexibility index (Phi) is 5.31. The number of phenolic OH excluding ortho intramolecular Hbond substituents is 2. The molecule has 0 bridgehead atoms. The van der Waals surface area contributed by atoms with Gasteiger partial charge in [0.25, 0.3) is 11.4 Å². The minimum absolute atomic E-state index is 0.0595. The lowest BCUT2D eigenvalue weighted by Gasteiger charge is -2.24. The van der Waals surface area contributed by atoms with Gasteiger partial charge in [-0.25, -0.2) is 5.43 Å². The van der Waals surface area contributed by atoms with E-state index in [1.165, 1.54) is 24.3 Å². The van der Waals surface area contributed by atoms with Crippen LogP contribution in [0, 0.1) is 20.2 Å². The number of phenols is 2. The number of anilines is 2. The molecule has 4 N–H and O–H groups in total. The van der Waals surface area contributed by atoms with Gasteiger partial charge in [0.1, 0.15) is 22.9 Å². The van der Waals surface area contributed by atoms with Crippen molar-refractivity contribution in [3.8, 4) is 11.5 Å². The summed E-state index contributed by atoms with van der Waals surface area (Å²) in [5.74, 6) is -0.699. The maximum absolute atomic E-state index is 11.3. The van der Waals surface area contributed by atoms with Gasteiger partial charge < -0.3 is 15.3 Å². The van der Waals surface area contributed by atoms with E-state index in [-0.39, 0.29) is 36.0 Å².